The fraction of sp³-hybridized carbons (Fsp3) is 0.833. The molecule has 3 fully saturated rings. The molecule has 0 N–H and O–H groups in total. The van der Waals surface area contributed by atoms with Crippen LogP contribution in [0.15, 0.2) is 6.33 Å². The van der Waals surface area contributed by atoms with Crippen LogP contribution in [-0.2, 0) is 9.53 Å². The Bertz CT molecular complexity index is 618. The maximum absolute atomic E-state index is 12.8. The van der Waals surface area contributed by atoms with Gasteiger partial charge in [0.05, 0.1) is 6.10 Å². The fourth-order valence-corrected chi connectivity index (χ4v) is 4.39. The molecule has 144 valence electrons. The van der Waals surface area contributed by atoms with Crippen LogP contribution in [0.5, 0.6) is 0 Å². The zero-order chi connectivity index (χ0) is 18.1. The average Bonchev–Trinajstić information content (AvgIpc) is 3.38. The van der Waals surface area contributed by atoms with E-state index >= 15 is 0 Å². The number of likely N-dealkylation sites (tertiary alicyclic amines) is 1. The molecule has 1 amide bonds. The quantitative estimate of drug-likeness (QED) is 0.801. The van der Waals surface area contributed by atoms with Crippen molar-refractivity contribution in [3.8, 4) is 0 Å². The van der Waals surface area contributed by atoms with E-state index in [4.69, 9.17) is 0 Å². The third-order valence-corrected chi connectivity index (χ3v) is 6.03. The molecule has 0 radical (unpaired) electrons. The van der Waals surface area contributed by atoms with Crippen LogP contribution in [0.2, 0.25) is 0 Å². The van der Waals surface area contributed by atoms with Gasteiger partial charge in [0, 0.05) is 31.0 Å². The molecule has 4 rings (SSSR count). The molecule has 0 aromatic carbocycles. The second kappa shape index (κ2) is 7.58. The van der Waals surface area contributed by atoms with Gasteiger partial charge in [-0.1, -0.05) is 0 Å². The van der Waals surface area contributed by atoms with E-state index in [0.717, 1.165) is 31.8 Å². The summed E-state index contributed by atoms with van der Waals surface area (Å²) in [5.41, 5.74) is 0. The van der Waals surface area contributed by atoms with Crippen LogP contribution < -0.4 is 0 Å². The molecule has 0 spiro atoms. The van der Waals surface area contributed by atoms with Crippen molar-refractivity contribution in [2.75, 3.05) is 13.1 Å². The van der Waals surface area contributed by atoms with E-state index in [1.807, 2.05) is 11.2 Å². The molecule has 26 heavy (non-hydrogen) atoms. The Hall–Kier alpha value is -1.57. The lowest BCUT2D eigenvalue weighted by Gasteiger charge is -2.36. The third kappa shape index (κ3) is 3.89. The Balaban J connectivity index is 1.27. The van der Waals surface area contributed by atoms with Crippen LogP contribution in [0.4, 0.5) is 8.78 Å². The number of amides is 1. The summed E-state index contributed by atoms with van der Waals surface area (Å²) < 4.78 is 31.4. The lowest BCUT2D eigenvalue weighted by atomic mass is 9.85. The summed E-state index contributed by atoms with van der Waals surface area (Å²) in [7, 11) is 0. The molecule has 0 bridgehead atoms. The van der Waals surface area contributed by atoms with Gasteiger partial charge in [0.25, 0.3) is 0 Å². The molecule has 1 aromatic rings. The first kappa shape index (κ1) is 17.8. The van der Waals surface area contributed by atoms with E-state index in [2.05, 4.69) is 19.5 Å². The molecule has 3 aliphatic rings. The first-order valence-electron chi connectivity index (χ1n) is 9.73. The van der Waals surface area contributed by atoms with Gasteiger partial charge in [-0.05, 0) is 51.4 Å². The van der Waals surface area contributed by atoms with E-state index in [-0.39, 0.29) is 11.8 Å². The molecular formula is C18H26F2N4O2. The van der Waals surface area contributed by atoms with Gasteiger partial charge in [-0.2, -0.15) is 8.78 Å². The smallest absolute Gasteiger partial charge is 0.342 e. The van der Waals surface area contributed by atoms with Crippen LogP contribution in [0, 0.1) is 5.92 Å². The van der Waals surface area contributed by atoms with Crippen molar-refractivity contribution in [3.05, 3.63) is 12.2 Å². The Kier molecular flexibility index (Phi) is 5.20. The highest BCUT2D eigenvalue weighted by molar-refractivity contribution is 5.79. The standard InChI is InChI=1S/C18H26F2N4O2/c19-18(20)26-15-5-1-13(2-6-15)17(25)23-9-7-12(8-10-23)16-22-21-11-24(16)14-3-4-14/h11-15,18H,1-10H2. The second-order valence-corrected chi connectivity index (χ2v) is 7.80. The number of piperidine rings is 1. The minimum atomic E-state index is -2.72. The number of alkyl halides is 2. The summed E-state index contributed by atoms with van der Waals surface area (Å²) >= 11 is 0. The molecule has 1 aromatic heterocycles. The molecule has 0 atom stereocenters. The van der Waals surface area contributed by atoms with Crippen LogP contribution >= 0.6 is 0 Å². The van der Waals surface area contributed by atoms with Gasteiger partial charge in [-0.3, -0.25) is 4.79 Å². The second-order valence-electron chi connectivity index (χ2n) is 7.80. The van der Waals surface area contributed by atoms with Gasteiger partial charge < -0.3 is 14.2 Å². The maximum atomic E-state index is 12.8. The number of hydrogen-bond acceptors (Lipinski definition) is 4. The number of ether oxygens (including phenoxy) is 1. The first-order valence-corrected chi connectivity index (χ1v) is 9.73. The Morgan fingerprint density at radius 3 is 2.38 bits per heavy atom. The van der Waals surface area contributed by atoms with Gasteiger partial charge in [-0.25, -0.2) is 0 Å². The first-order chi connectivity index (χ1) is 12.6. The summed E-state index contributed by atoms with van der Waals surface area (Å²) in [6.45, 7) is -1.23. The third-order valence-electron chi connectivity index (χ3n) is 6.03. The summed E-state index contributed by atoms with van der Waals surface area (Å²) in [4.78, 5) is 14.7. The van der Waals surface area contributed by atoms with Crippen molar-refractivity contribution in [2.24, 2.45) is 5.92 Å². The molecule has 2 aliphatic carbocycles. The Labute approximate surface area is 151 Å². The SMILES string of the molecule is O=C(C1CCC(OC(F)F)CC1)N1CCC(c2nncn2C2CC2)CC1. The summed E-state index contributed by atoms with van der Waals surface area (Å²) in [6, 6.07) is 0.574. The number of nitrogens with zero attached hydrogens (tertiary/aromatic N) is 4. The molecule has 8 heteroatoms. The predicted molar refractivity (Wildman–Crippen MR) is 89.7 cm³/mol. The van der Waals surface area contributed by atoms with Crippen molar-refractivity contribution in [2.45, 2.75) is 76.0 Å². The van der Waals surface area contributed by atoms with E-state index < -0.39 is 12.7 Å². The van der Waals surface area contributed by atoms with Crippen molar-refractivity contribution < 1.29 is 18.3 Å². The van der Waals surface area contributed by atoms with Gasteiger partial charge >= 0.3 is 6.61 Å². The molecular weight excluding hydrogens is 342 g/mol. The van der Waals surface area contributed by atoms with Gasteiger partial charge in [0.2, 0.25) is 5.91 Å². The zero-order valence-corrected chi connectivity index (χ0v) is 14.9. The Morgan fingerprint density at radius 2 is 1.77 bits per heavy atom. The van der Waals surface area contributed by atoms with Gasteiger partial charge in [-0.15, -0.1) is 10.2 Å². The van der Waals surface area contributed by atoms with Gasteiger partial charge in [0.15, 0.2) is 0 Å². The minimum Gasteiger partial charge on any atom is -0.342 e. The number of carbonyl (C=O) groups excluding carboxylic acids is 1. The number of aromatic nitrogens is 3. The van der Waals surface area contributed by atoms with Crippen molar-refractivity contribution >= 4 is 5.91 Å². The lowest BCUT2D eigenvalue weighted by molar-refractivity contribution is -0.173. The number of carbonyl (C=O) groups is 1. The van der Waals surface area contributed by atoms with Crippen LogP contribution in [0.25, 0.3) is 0 Å². The van der Waals surface area contributed by atoms with E-state index in [9.17, 15) is 13.6 Å². The van der Waals surface area contributed by atoms with Crippen molar-refractivity contribution in [3.63, 3.8) is 0 Å². The van der Waals surface area contributed by atoms with E-state index in [0.29, 0.717) is 37.6 Å². The van der Waals surface area contributed by atoms with Crippen LogP contribution in [0.1, 0.15) is 69.2 Å². The molecule has 1 aliphatic heterocycles. The Morgan fingerprint density at radius 1 is 1.08 bits per heavy atom. The summed E-state index contributed by atoms with van der Waals surface area (Å²) in [5.74, 6) is 1.59. The highest BCUT2D eigenvalue weighted by Crippen LogP contribution is 2.38. The van der Waals surface area contributed by atoms with Crippen LogP contribution in [-0.4, -0.2) is 51.4 Å². The summed E-state index contributed by atoms with van der Waals surface area (Å²) in [6.07, 6.45) is 8.06. The topological polar surface area (TPSA) is 60.2 Å². The molecule has 2 heterocycles. The molecule has 1 saturated heterocycles. The van der Waals surface area contributed by atoms with Gasteiger partial charge in [0.1, 0.15) is 12.2 Å². The monoisotopic (exact) mass is 368 g/mol. The number of halogens is 2. The summed E-state index contributed by atoms with van der Waals surface area (Å²) in [5, 5.41) is 8.41. The number of hydrogen-bond donors (Lipinski definition) is 0. The molecule has 2 saturated carbocycles. The minimum absolute atomic E-state index is 0.0424. The average molecular weight is 368 g/mol. The normalized spacial score (nSPS) is 27.9. The van der Waals surface area contributed by atoms with Crippen molar-refractivity contribution in [1.82, 2.24) is 19.7 Å². The van der Waals surface area contributed by atoms with Crippen LogP contribution in [0.3, 0.4) is 0 Å². The van der Waals surface area contributed by atoms with Crippen molar-refractivity contribution in [1.29, 1.82) is 0 Å². The molecule has 6 nitrogen and oxygen atoms in total. The highest BCUT2D eigenvalue weighted by Gasteiger charge is 2.35. The maximum Gasteiger partial charge on any atom is 0.345 e. The zero-order valence-electron chi connectivity index (χ0n) is 14.9. The lowest BCUT2D eigenvalue weighted by Crippen LogP contribution is -2.43. The van der Waals surface area contributed by atoms with E-state index in [1.165, 1.54) is 12.8 Å². The number of rotatable bonds is 5. The predicted octanol–water partition coefficient (Wildman–Crippen LogP) is 3.12. The largest absolute Gasteiger partial charge is 0.345 e. The van der Waals surface area contributed by atoms with E-state index in [1.54, 1.807) is 0 Å². The highest BCUT2D eigenvalue weighted by atomic mass is 19.3. The molecule has 0 unspecified atom stereocenters. The fourth-order valence-electron chi connectivity index (χ4n) is 4.39.